The van der Waals surface area contributed by atoms with Crippen LogP contribution in [-0.2, 0) is 49.6 Å². The zero-order valence-electron chi connectivity index (χ0n) is 40.4. The molecule has 1 unspecified atom stereocenters. The van der Waals surface area contributed by atoms with Gasteiger partial charge in [-0.2, -0.15) is 0 Å². The molecule has 19 nitrogen and oxygen atoms in total. The molecule has 2 aliphatic carbocycles. The molecule has 2 aromatic rings. The van der Waals surface area contributed by atoms with Crippen molar-refractivity contribution in [2.45, 2.75) is 159 Å². The summed E-state index contributed by atoms with van der Waals surface area (Å²) in [6.07, 6.45) is 12.3. The van der Waals surface area contributed by atoms with Crippen molar-refractivity contribution in [1.82, 2.24) is 36.1 Å². The summed E-state index contributed by atoms with van der Waals surface area (Å²) in [6.45, 7) is 3.67. The Labute approximate surface area is 409 Å². The first-order valence-corrected chi connectivity index (χ1v) is 24.6. The van der Waals surface area contributed by atoms with Crippen LogP contribution < -0.4 is 27.0 Å². The molecule has 1 aromatic carbocycles. The highest BCUT2D eigenvalue weighted by molar-refractivity contribution is 5.99. The number of carboxylic acids is 2. The highest BCUT2D eigenvalue weighted by Crippen LogP contribution is 2.40. The van der Waals surface area contributed by atoms with Crippen LogP contribution in [0.4, 0.5) is 0 Å². The second-order valence-electron chi connectivity index (χ2n) is 19.4. The van der Waals surface area contributed by atoms with E-state index in [0.29, 0.717) is 24.0 Å². The van der Waals surface area contributed by atoms with E-state index in [9.17, 15) is 53.4 Å². The van der Waals surface area contributed by atoms with Crippen molar-refractivity contribution in [1.29, 1.82) is 0 Å². The third kappa shape index (κ3) is 15.9. The second-order valence-corrected chi connectivity index (χ2v) is 19.4. The van der Waals surface area contributed by atoms with Crippen molar-refractivity contribution in [3.8, 4) is 0 Å². The van der Waals surface area contributed by atoms with Gasteiger partial charge in [-0.05, 0) is 79.5 Å². The number of hydrogen-bond donors (Lipinski definition) is 7. The van der Waals surface area contributed by atoms with Gasteiger partial charge in [0.1, 0.15) is 36.3 Å². The number of nitrogens with one attached hydrogen (secondary N) is 4. The number of aliphatic carboxylic acids is 2. The molecular formula is C51H70N8O11. The number of carbonyl (C=O) groups excluding carboxylic acids is 7. The van der Waals surface area contributed by atoms with Gasteiger partial charge >= 0.3 is 11.9 Å². The van der Waals surface area contributed by atoms with Crippen LogP contribution in [0, 0.1) is 17.8 Å². The predicted octanol–water partition coefficient (Wildman–Crippen LogP) is 3.10. The van der Waals surface area contributed by atoms with Crippen LogP contribution in [0.2, 0.25) is 0 Å². The van der Waals surface area contributed by atoms with E-state index >= 15 is 0 Å². The lowest BCUT2D eigenvalue weighted by atomic mass is 9.84. The van der Waals surface area contributed by atoms with E-state index in [0.717, 1.165) is 56.3 Å². The molecule has 5 rings (SSSR count). The first-order valence-electron chi connectivity index (χ1n) is 24.6. The average molecular weight is 971 g/mol. The van der Waals surface area contributed by atoms with Gasteiger partial charge in [-0.1, -0.05) is 95.2 Å². The van der Waals surface area contributed by atoms with Gasteiger partial charge in [0.15, 0.2) is 0 Å². The van der Waals surface area contributed by atoms with Crippen LogP contribution in [0.25, 0.3) is 6.08 Å². The maximum Gasteiger partial charge on any atom is 0.326 e. The molecule has 7 amide bonds. The van der Waals surface area contributed by atoms with Gasteiger partial charge in [-0.15, -0.1) is 0 Å². The topological polar surface area (TPSA) is 288 Å². The SMILES string of the molecule is CC(C)C[C@H](NC(=O)[C@H](CC(=O)O)N(C)C(=O)[C@H](CC1CCCCC1)NC(=O)[C@H](CCC(N)=O)NC(=O)/C=C/c1cccnc1)C(=O)N1C2CCCC[C@H]2C[C@H]1C(=O)N[C@@H](Cc1ccccc1)C(=O)O. The van der Waals surface area contributed by atoms with Crippen molar-refractivity contribution in [2.75, 3.05) is 7.05 Å². The molecular weight excluding hydrogens is 901 g/mol. The predicted molar refractivity (Wildman–Crippen MR) is 258 cm³/mol. The van der Waals surface area contributed by atoms with Gasteiger partial charge in [0.25, 0.3) is 0 Å². The number of aromatic nitrogens is 1. The average Bonchev–Trinajstić information content (AvgIpc) is 3.73. The summed E-state index contributed by atoms with van der Waals surface area (Å²) in [4.78, 5) is 129. The van der Waals surface area contributed by atoms with Crippen LogP contribution in [0.3, 0.4) is 0 Å². The Balaban J connectivity index is 1.39. The van der Waals surface area contributed by atoms with E-state index in [2.05, 4.69) is 26.3 Å². The number of fused-ring (bicyclic) bond motifs is 1. The summed E-state index contributed by atoms with van der Waals surface area (Å²) in [5, 5.41) is 31.0. The summed E-state index contributed by atoms with van der Waals surface area (Å²) in [6, 6.07) is 4.03. The molecule has 1 aromatic heterocycles. The van der Waals surface area contributed by atoms with Crippen molar-refractivity contribution in [3.05, 3.63) is 72.1 Å². The molecule has 70 heavy (non-hydrogen) atoms. The Morgan fingerprint density at radius 2 is 1.50 bits per heavy atom. The highest BCUT2D eigenvalue weighted by Gasteiger charge is 2.50. The molecule has 0 bridgehead atoms. The number of carboxylic acid groups (broad SMARTS) is 2. The first kappa shape index (κ1) is 54.3. The van der Waals surface area contributed by atoms with Gasteiger partial charge < -0.3 is 47.0 Å². The molecule has 0 radical (unpaired) electrons. The molecule has 8 N–H and O–H groups in total. The summed E-state index contributed by atoms with van der Waals surface area (Å²) < 4.78 is 0. The molecule has 3 fully saturated rings. The lowest BCUT2D eigenvalue weighted by Gasteiger charge is -2.37. The van der Waals surface area contributed by atoms with E-state index < -0.39 is 96.0 Å². The van der Waals surface area contributed by atoms with E-state index in [1.807, 2.05) is 13.8 Å². The minimum atomic E-state index is -1.67. The summed E-state index contributed by atoms with van der Waals surface area (Å²) >= 11 is 0. The number of benzene rings is 1. The van der Waals surface area contributed by atoms with E-state index in [1.54, 1.807) is 48.7 Å². The molecule has 380 valence electrons. The lowest BCUT2D eigenvalue weighted by Crippen LogP contribution is -2.61. The Morgan fingerprint density at radius 3 is 2.14 bits per heavy atom. The van der Waals surface area contributed by atoms with Crippen molar-refractivity contribution in [2.24, 2.45) is 23.5 Å². The molecule has 1 aliphatic heterocycles. The molecule has 19 heteroatoms. The van der Waals surface area contributed by atoms with Crippen molar-refractivity contribution >= 4 is 59.4 Å². The molecule has 2 heterocycles. The number of likely N-dealkylation sites (N-methyl/N-ethyl adjacent to an activating group) is 1. The van der Waals surface area contributed by atoms with Crippen LogP contribution in [0.5, 0.6) is 0 Å². The number of primary amides is 1. The molecule has 3 aliphatic rings. The number of pyridine rings is 1. The minimum absolute atomic E-state index is 0.0152. The Bertz CT molecular complexity index is 2180. The maximum atomic E-state index is 14.9. The third-order valence-corrected chi connectivity index (χ3v) is 13.7. The molecule has 1 saturated heterocycles. The van der Waals surface area contributed by atoms with Crippen LogP contribution in [0.15, 0.2) is 60.9 Å². The Morgan fingerprint density at radius 1 is 0.814 bits per heavy atom. The van der Waals surface area contributed by atoms with Crippen LogP contribution in [-0.4, -0.2) is 128 Å². The van der Waals surface area contributed by atoms with Crippen molar-refractivity contribution in [3.63, 3.8) is 0 Å². The van der Waals surface area contributed by atoms with Gasteiger partial charge in [-0.25, -0.2) is 4.79 Å². The van der Waals surface area contributed by atoms with E-state index in [-0.39, 0.29) is 55.9 Å². The number of likely N-dealkylation sites (tertiary alicyclic amines) is 1. The van der Waals surface area contributed by atoms with Crippen LogP contribution >= 0.6 is 0 Å². The monoisotopic (exact) mass is 971 g/mol. The van der Waals surface area contributed by atoms with Crippen molar-refractivity contribution < 1.29 is 53.4 Å². The Kier molecular flexibility index (Phi) is 20.4. The third-order valence-electron chi connectivity index (χ3n) is 13.7. The zero-order chi connectivity index (χ0) is 50.9. The number of rotatable bonds is 24. The fraction of sp³-hybridized carbons (Fsp3) is 0.569. The van der Waals surface area contributed by atoms with Gasteiger partial charge in [0.05, 0.1) is 6.42 Å². The number of nitrogens with two attached hydrogens (primary N) is 1. The summed E-state index contributed by atoms with van der Waals surface area (Å²) in [7, 11) is 1.26. The number of hydrogen-bond acceptors (Lipinski definition) is 10. The largest absolute Gasteiger partial charge is 0.481 e. The molecule has 0 spiro atoms. The van der Waals surface area contributed by atoms with Gasteiger partial charge in [0.2, 0.25) is 41.4 Å². The molecule has 2 saturated carbocycles. The minimum Gasteiger partial charge on any atom is -0.481 e. The number of carbonyl (C=O) groups is 9. The zero-order valence-corrected chi connectivity index (χ0v) is 40.4. The lowest BCUT2D eigenvalue weighted by molar-refractivity contribution is -0.149. The standard InChI is InChI=1S/C51H70N8O11/c1-31(2)25-37(50(68)59-40-19-11-10-18-35(40)28-42(59)48(66)57-39(51(69)70)27-33-15-8-5-9-16-33)56-47(65)41(29-45(62)63)58(3)49(67)38(26-32-13-6-4-7-14-32)55-46(64)36(21-22-43(52)60)54-44(61)23-20-34-17-12-24-53-30-34/h5,8-9,12,15-17,20,23-24,30-32,35-42H,4,6-7,10-11,13-14,18-19,21-22,25-29H2,1-3H3,(H2,52,60)(H,54,61)(H,55,64)(H,56,65)(H,57,66)(H,62,63)(H,69,70)/b23-20+/t35-,36-,37-,38-,39-,40?,41-,42-/m0/s1. The Hall–Kier alpha value is -6.66. The van der Waals surface area contributed by atoms with Crippen LogP contribution in [0.1, 0.15) is 121 Å². The van der Waals surface area contributed by atoms with E-state index in [1.165, 1.54) is 30.3 Å². The summed E-state index contributed by atoms with van der Waals surface area (Å²) in [5.74, 6) is -8.03. The molecule has 8 atom stereocenters. The first-order chi connectivity index (χ1) is 33.4. The van der Waals surface area contributed by atoms with Gasteiger partial charge in [0, 0.05) is 44.4 Å². The highest BCUT2D eigenvalue weighted by atomic mass is 16.4. The normalized spacial score (nSPS) is 20.2. The second kappa shape index (κ2) is 26.4. The quantitative estimate of drug-likeness (QED) is 0.0748. The number of nitrogens with zero attached hydrogens (tertiary/aromatic N) is 3. The van der Waals surface area contributed by atoms with Gasteiger partial charge in [-0.3, -0.25) is 43.3 Å². The summed E-state index contributed by atoms with van der Waals surface area (Å²) in [5.41, 5.74) is 6.74. The fourth-order valence-corrected chi connectivity index (χ4v) is 10.1. The maximum absolute atomic E-state index is 14.9. The van der Waals surface area contributed by atoms with E-state index in [4.69, 9.17) is 5.73 Å². The number of amides is 7. The smallest absolute Gasteiger partial charge is 0.326 e. The fourth-order valence-electron chi connectivity index (χ4n) is 10.1.